The van der Waals surface area contributed by atoms with Crippen molar-refractivity contribution < 1.29 is 4.74 Å². The molecule has 3 rings (SSSR count). The fourth-order valence-corrected chi connectivity index (χ4v) is 2.68. The van der Waals surface area contributed by atoms with Gasteiger partial charge in [-0.3, -0.25) is 4.79 Å². The van der Waals surface area contributed by atoms with Crippen molar-refractivity contribution in [2.45, 2.75) is 6.92 Å². The Kier molecular flexibility index (Phi) is 3.93. The number of para-hydroxylation sites is 2. The van der Waals surface area contributed by atoms with Crippen molar-refractivity contribution in [3.63, 3.8) is 0 Å². The van der Waals surface area contributed by atoms with E-state index in [2.05, 4.69) is 9.69 Å². The molecule has 2 aromatic carbocycles. The van der Waals surface area contributed by atoms with E-state index in [1.807, 2.05) is 55.5 Å². The van der Waals surface area contributed by atoms with Gasteiger partial charge in [0.1, 0.15) is 5.75 Å². The van der Waals surface area contributed by atoms with Gasteiger partial charge in [-0.15, -0.1) is 0 Å². The van der Waals surface area contributed by atoms with E-state index < -0.39 is 0 Å². The zero-order valence-electron chi connectivity index (χ0n) is 12.2. The maximum absolute atomic E-state index is 12.2. The number of nitrogens with one attached hydrogen (secondary N) is 1. The van der Waals surface area contributed by atoms with E-state index >= 15 is 0 Å². The van der Waals surface area contributed by atoms with E-state index in [4.69, 9.17) is 4.74 Å². The Morgan fingerprint density at radius 3 is 2.59 bits per heavy atom. The second-order valence-electron chi connectivity index (χ2n) is 4.77. The first-order valence-corrected chi connectivity index (χ1v) is 7.52. The Morgan fingerprint density at radius 1 is 1.14 bits per heavy atom. The molecule has 0 aliphatic carbocycles. The van der Waals surface area contributed by atoms with Crippen LogP contribution in [0.2, 0.25) is 0 Å². The molecule has 22 heavy (non-hydrogen) atoms. The lowest BCUT2D eigenvalue weighted by atomic mass is 10.2. The summed E-state index contributed by atoms with van der Waals surface area (Å²) in [6.07, 6.45) is 0. The molecule has 0 bridgehead atoms. The number of anilines is 2. The molecule has 5 nitrogen and oxygen atoms in total. The predicted molar refractivity (Wildman–Crippen MR) is 88.7 cm³/mol. The van der Waals surface area contributed by atoms with Gasteiger partial charge in [0, 0.05) is 17.2 Å². The number of nitrogens with zero attached hydrogens (tertiary/aromatic N) is 2. The molecule has 6 heteroatoms. The minimum Gasteiger partial charge on any atom is -0.495 e. The third-order valence-corrected chi connectivity index (χ3v) is 3.84. The van der Waals surface area contributed by atoms with Gasteiger partial charge in [0.2, 0.25) is 5.95 Å². The minimum atomic E-state index is -0.167. The minimum absolute atomic E-state index is 0.167. The van der Waals surface area contributed by atoms with Crippen molar-refractivity contribution in [1.29, 1.82) is 0 Å². The monoisotopic (exact) mass is 313 g/mol. The van der Waals surface area contributed by atoms with Crippen molar-refractivity contribution in [1.82, 2.24) is 8.94 Å². The molecular formula is C16H15N3O2S. The molecule has 0 spiro atoms. The van der Waals surface area contributed by atoms with Crippen molar-refractivity contribution in [3.8, 4) is 11.4 Å². The second kappa shape index (κ2) is 6.03. The van der Waals surface area contributed by atoms with Crippen molar-refractivity contribution >= 4 is 23.2 Å². The third-order valence-electron chi connectivity index (χ3n) is 3.24. The van der Waals surface area contributed by atoms with Crippen LogP contribution >= 0.6 is 11.5 Å². The number of aryl methyl sites for hydroxylation is 1. The highest BCUT2D eigenvalue weighted by Gasteiger charge is 2.14. The van der Waals surface area contributed by atoms with Crippen LogP contribution in [-0.4, -0.2) is 16.1 Å². The Balaban J connectivity index is 2.04. The molecular weight excluding hydrogens is 298 g/mol. The highest BCUT2D eigenvalue weighted by molar-refractivity contribution is 7.03. The maximum Gasteiger partial charge on any atom is 0.332 e. The van der Waals surface area contributed by atoms with Gasteiger partial charge in [-0.05, 0) is 31.2 Å². The fraction of sp³-hybridized carbons (Fsp3) is 0.125. The number of aromatic nitrogens is 2. The van der Waals surface area contributed by atoms with Crippen LogP contribution in [0.1, 0.15) is 5.56 Å². The van der Waals surface area contributed by atoms with Crippen LogP contribution in [0.15, 0.2) is 53.3 Å². The maximum atomic E-state index is 12.2. The van der Waals surface area contributed by atoms with Gasteiger partial charge >= 0.3 is 4.87 Å². The zero-order chi connectivity index (χ0) is 15.5. The van der Waals surface area contributed by atoms with E-state index in [1.54, 1.807) is 7.11 Å². The first-order valence-electron chi connectivity index (χ1n) is 6.75. The predicted octanol–water partition coefficient (Wildman–Crippen LogP) is 3.35. The second-order valence-corrected chi connectivity index (χ2v) is 5.48. The van der Waals surface area contributed by atoms with Crippen LogP contribution in [0.5, 0.6) is 5.75 Å². The first kappa shape index (κ1) is 14.3. The van der Waals surface area contributed by atoms with E-state index in [-0.39, 0.29) is 4.87 Å². The summed E-state index contributed by atoms with van der Waals surface area (Å²) in [5, 5.41) is 3.18. The number of hydrogen-bond donors (Lipinski definition) is 1. The van der Waals surface area contributed by atoms with Crippen LogP contribution < -0.4 is 14.9 Å². The third kappa shape index (κ3) is 2.73. The number of hydrogen-bond acceptors (Lipinski definition) is 5. The van der Waals surface area contributed by atoms with Gasteiger partial charge in [0.25, 0.3) is 0 Å². The molecule has 1 heterocycles. The number of methoxy groups -OCH3 is 1. The van der Waals surface area contributed by atoms with Gasteiger partial charge < -0.3 is 10.1 Å². The highest BCUT2D eigenvalue weighted by atomic mass is 32.1. The normalized spacial score (nSPS) is 10.5. The molecule has 0 aliphatic heterocycles. The molecule has 0 fully saturated rings. The van der Waals surface area contributed by atoms with Crippen molar-refractivity contribution in [2.75, 3.05) is 12.4 Å². The lowest BCUT2D eigenvalue weighted by Crippen LogP contribution is -2.14. The summed E-state index contributed by atoms with van der Waals surface area (Å²) in [6, 6.07) is 15.3. The molecule has 1 aromatic heterocycles. The molecule has 0 amide bonds. The van der Waals surface area contributed by atoms with Crippen molar-refractivity contribution in [2.24, 2.45) is 0 Å². The zero-order valence-corrected chi connectivity index (χ0v) is 13.1. The van der Waals surface area contributed by atoms with Crippen LogP contribution in [0, 0.1) is 6.92 Å². The Hall–Kier alpha value is -2.60. The SMILES string of the molecule is COc1ccccc1-n1c(Nc2ccc(C)cc2)nsc1=O. The Morgan fingerprint density at radius 2 is 1.86 bits per heavy atom. The molecule has 3 aromatic rings. The standard InChI is InChI=1S/C16H15N3O2S/c1-11-7-9-12(10-8-11)17-15-18-22-16(20)19(15)13-5-3-4-6-14(13)21-2/h3-10H,1-2H3,(H,17,18). The van der Waals surface area contributed by atoms with E-state index in [9.17, 15) is 4.79 Å². The summed E-state index contributed by atoms with van der Waals surface area (Å²) >= 11 is 0.907. The summed E-state index contributed by atoms with van der Waals surface area (Å²) in [6.45, 7) is 2.03. The molecule has 0 saturated heterocycles. The summed E-state index contributed by atoms with van der Waals surface area (Å²) in [5.41, 5.74) is 2.71. The quantitative estimate of drug-likeness (QED) is 0.802. The summed E-state index contributed by atoms with van der Waals surface area (Å²) in [7, 11) is 1.58. The average molecular weight is 313 g/mol. The first-order chi connectivity index (χ1) is 10.7. The summed E-state index contributed by atoms with van der Waals surface area (Å²) < 4.78 is 11.1. The highest BCUT2D eigenvalue weighted by Crippen LogP contribution is 2.25. The molecule has 112 valence electrons. The smallest absolute Gasteiger partial charge is 0.332 e. The van der Waals surface area contributed by atoms with Crippen LogP contribution in [0.25, 0.3) is 5.69 Å². The number of ether oxygens (including phenoxy) is 1. The number of rotatable bonds is 4. The van der Waals surface area contributed by atoms with Crippen LogP contribution in [0.3, 0.4) is 0 Å². The van der Waals surface area contributed by atoms with E-state index in [1.165, 1.54) is 10.1 Å². The van der Waals surface area contributed by atoms with E-state index in [0.717, 1.165) is 17.2 Å². The molecule has 0 atom stereocenters. The van der Waals surface area contributed by atoms with Gasteiger partial charge in [-0.1, -0.05) is 29.8 Å². The average Bonchev–Trinajstić information content (AvgIpc) is 2.90. The van der Waals surface area contributed by atoms with Crippen LogP contribution in [0.4, 0.5) is 11.6 Å². The molecule has 0 radical (unpaired) electrons. The van der Waals surface area contributed by atoms with Crippen LogP contribution in [-0.2, 0) is 0 Å². The molecule has 0 aliphatic rings. The van der Waals surface area contributed by atoms with Gasteiger partial charge in [-0.25, -0.2) is 4.57 Å². The molecule has 1 N–H and O–H groups in total. The summed E-state index contributed by atoms with van der Waals surface area (Å²) in [5.74, 6) is 1.10. The Bertz CT molecular complexity index is 837. The number of benzene rings is 2. The van der Waals surface area contributed by atoms with Gasteiger partial charge in [-0.2, -0.15) is 4.37 Å². The fourth-order valence-electron chi connectivity index (χ4n) is 2.12. The summed E-state index contributed by atoms with van der Waals surface area (Å²) in [4.78, 5) is 12.0. The van der Waals surface area contributed by atoms with Crippen molar-refractivity contribution in [3.05, 3.63) is 63.8 Å². The lowest BCUT2D eigenvalue weighted by molar-refractivity contribution is 0.413. The van der Waals surface area contributed by atoms with Gasteiger partial charge in [0.05, 0.1) is 12.8 Å². The molecule has 0 unspecified atom stereocenters. The topological polar surface area (TPSA) is 56.1 Å². The van der Waals surface area contributed by atoms with Gasteiger partial charge in [0.15, 0.2) is 0 Å². The largest absolute Gasteiger partial charge is 0.495 e. The lowest BCUT2D eigenvalue weighted by Gasteiger charge is -2.11. The van der Waals surface area contributed by atoms with E-state index in [0.29, 0.717) is 17.4 Å². The Labute approximate surface area is 132 Å². The molecule has 0 saturated carbocycles.